The molecule has 0 spiro atoms. The molecule has 0 nitrogen and oxygen atoms in total. The van der Waals surface area contributed by atoms with Gasteiger partial charge >= 0.3 is 0 Å². The lowest BCUT2D eigenvalue weighted by Crippen LogP contribution is -2.08. The van der Waals surface area contributed by atoms with Crippen molar-refractivity contribution in [2.75, 3.05) is 0 Å². The second-order valence-corrected chi connectivity index (χ2v) is 6.20. The molecule has 16 heavy (non-hydrogen) atoms. The number of hydrogen-bond acceptors (Lipinski definition) is 0. The highest BCUT2D eigenvalue weighted by atomic mass is 79.9. The first-order chi connectivity index (χ1) is 7.75. The monoisotopic (exact) mass is 300 g/mol. The lowest BCUT2D eigenvalue weighted by atomic mass is 9.85. The first kappa shape index (κ1) is 12.4. The van der Waals surface area contributed by atoms with Gasteiger partial charge in [0.1, 0.15) is 0 Å². The molecule has 1 unspecified atom stereocenters. The Labute approximate surface area is 112 Å². The Morgan fingerprint density at radius 1 is 1.12 bits per heavy atom. The summed E-state index contributed by atoms with van der Waals surface area (Å²) in [4.78, 5) is 0. The van der Waals surface area contributed by atoms with Gasteiger partial charge in [-0.05, 0) is 30.0 Å². The molecule has 2 rings (SSSR count). The van der Waals surface area contributed by atoms with Crippen molar-refractivity contribution >= 4 is 27.5 Å². The van der Waals surface area contributed by atoms with E-state index in [4.69, 9.17) is 11.6 Å². The SMILES string of the molecule is ClC(CC1CCCCC1)c1ccc(Br)cc1. The average molecular weight is 302 g/mol. The average Bonchev–Trinajstić information content (AvgIpc) is 2.31. The summed E-state index contributed by atoms with van der Waals surface area (Å²) in [5, 5.41) is 0.191. The van der Waals surface area contributed by atoms with Crippen LogP contribution < -0.4 is 0 Å². The lowest BCUT2D eigenvalue weighted by Gasteiger charge is -2.23. The van der Waals surface area contributed by atoms with Gasteiger partial charge in [0.15, 0.2) is 0 Å². The van der Waals surface area contributed by atoms with Gasteiger partial charge in [-0.2, -0.15) is 0 Å². The van der Waals surface area contributed by atoms with E-state index in [1.807, 2.05) is 0 Å². The van der Waals surface area contributed by atoms with Gasteiger partial charge in [-0.15, -0.1) is 11.6 Å². The minimum absolute atomic E-state index is 0.191. The zero-order valence-corrected chi connectivity index (χ0v) is 11.8. The Hall–Kier alpha value is -0.0100. The van der Waals surface area contributed by atoms with Gasteiger partial charge in [0.25, 0.3) is 0 Å². The number of halogens is 2. The van der Waals surface area contributed by atoms with E-state index in [0.717, 1.165) is 16.8 Å². The largest absolute Gasteiger partial charge is 0.118 e. The van der Waals surface area contributed by atoms with Gasteiger partial charge in [-0.1, -0.05) is 60.2 Å². The third-order valence-electron chi connectivity index (χ3n) is 3.50. The normalized spacial score (nSPS) is 19.6. The smallest absolute Gasteiger partial charge is 0.0587 e. The predicted molar refractivity (Wildman–Crippen MR) is 73.9 cm³/mol. The van der Waals surface area contributed by atoms with E-state index in [0.29, 0.717) is 0 Å². The van der Waals surface area contributed by atoms with Gasteiger partial charge in [0.05, 0.1) is 5.38 Å². The van der Waals surface area contributed by atoms with Gasteiger partial charge in [-0.25, -0.2) is 0 Å². The van der Waals surface area contributed by atoms with Crippen LogP contribution >= 0.6 is 27.5 Å². The molecule has 0 radical (unpaired) electrons. The highest BCUT2D eigenvalue weighted by molar-refractivity contribution is 9.10. The van der Waals surface area contributed by atoms with E-state index in [-0.39, 0.29) is 5.38 Å². The van der Waals surface area contributed by atoms with E-state index in [1.54, 1.807) is 0 Å². The fraction of sp³-hybridized carbons (Fsp3) is 0.571. The molecule has 1 fully saturated rings. The molecule has 1 aliphatic carbocycles. The van der Waals surface area contributed by atoms with Crippen LogP contribution in [0.4, 0.5) is 0 Å². The number of benzene rings is 1. The van der Waals surface area contributed by atoms with Crippen LogP contribution in [0, 0.1) is 5.92 Å². The summed E-state index contributed by atoms with van der Waals surface area (Å²) in [6.45, 7) is 0. The topological polar surface area (TPSA) is 0 Å². The molecule has 0 aromatic heterocycles. The summed E-state index contributed by atoms with van der Waals surface area (Å²) >= 11 is 9.93. The Morgan fingerprint density at radius 3 is 2.38 bits per heavy atom. The molecule has 0 amide bonds. The van der Waals surface area contributed by atoms with Crippen molar-refractivity contribution in [3.8, 4) is 0 Å². The Morgan fingerprint density at radius 2 is 1.75 bits per heavy atom. The fourth-order valence-corrected chi connectivity index (χ4v) is 3.18. The molecule has 2 heteroatoms. The summed E-state index contributed by atoms with van der Waals surface area (Å²) in [5.74, 6) is 0.847. The molecule has 1 atom stereocenters. The first-order valence-corrected chi connectivity index (χ1v) is 7.38. The summed E-state index contributed by atoms with van der Waals surface area (Å²) in [7, 11) is 0. The van der Waals surface area contributed by atoms with Crippen LogP contribution in [0.1, 0.15) is 49.5 Å². The van der Waals surface area contributed by atoms with Crippen molar-refractivity contribution in [2.45, 2.75) is 43.9 Å². The van der Waals surface area contributed by atoms with Gasteiger partial charge in [-0.3, -0.25) is 0 Å². The highest BCUT2D eigenvalue weighted by Gasteiger charge is 2.18. The molecule has 0 heterocycles. The molecule has 0 bridgehead atoms. The standard InChI is InChI=1S/C14H18BrCl/c15-13-8-6-12(7-9-13)14(16)10-11-4-2-1-3-5-11/h6-9,11,14H,1-5,10H2. The molecule has 0 aliphatic heterocycles. The quantitative estimate of drug-likeness (QED) is 0.628. The molecule has 1 aromatic rings. The summed E-state index contributed by atoms with van der Waals surface area (Å²) in [6, 6.07) is 8.41. The van der Waals surface area contributed by atoms with E-state index < -0.39 is 0 Å². The molecule has 1 aliphatic rings. The van der Waals surface area contributed by atoms with Crippen LogP contribution in [-0.4, -0.2) is 0 Å². The van der Waals surface area contributed by atoms with Gasteiger partial charge in [0.2, 0.25) is 0 Å². The number of hydrogen-bond donors (Lipinski definition) is 0. The van der Waals surface area contributed by atoms with Crippen molar-refractivity contribution in [1.29, 1.82) is 0 Å². The number of rotatable bonds is 3. The maximum absolute atomic E-state index is 6.48. The van der Waals surface area contributed by atoms with Gasteiger partial charge in [0, 0.05) is 4.47 Å². The molecule has 0 saturated heterocycles. The Bertz CT molecular complexity index is 314. The summed E-state index contributed by atoms with van der Waals surface area (Å²) < 4.78 is 1.12. The van der Waals surface area contributed by atoms with Crippen molar-refractivity contribution in [3.05, 3.63) is 34.3 Å². The third kappa shape index (κ3) is 3.49. The van der Waals surface area contributed by atoms with Crippen LogP contribution in [-0.2, 0) is 0 Å². The van der Waals surface area contributed by atoms with Crippen LogP contribution in [0.5, 0.6) is 0 Å². The van der Waals surface area contributed by atoms with Crippen molar-refractivity contribution in [2.24, 2.45) is 5.92 Å². The maximum atomic E-state index is 6.48. The Balaban J connectivity index is 1.91. The lowest BCUT2D eigenvalue weighted by molar-refractivity contribution is 0.336. The minimum Gasteiger partial charge on any atom is -0.118 e. The van der Waals surface area contributed by atoms with E-state index >= 15 is 0 Å². The molecular formula is C14H18BrCl. The number of alkyl halides is 1. The highest BCUT2D eigenvalue weighted by Crippen LogP contribution is 2.35. The zero-order chi connectivity index (χ0) is 11.4. The van der Waals surface area contributed by atoms with Crippen LogP contribution in [0.15, 0.2) is 28.7 Å². The third-order valence-corrected chi connectivity index (χ3v) is 4.46. The molecule has 0 N–H and O–H groups in total. The van der Waals surface area contributed by atoms with E-state index in [1.165, 1.54) is 37.7 Å². The second kappa shape index (κ2) is 6.07. The molecule has 88 valence electrons. The van der Waals surface area contributed by atoms with Crippen molar-refractivity contribution in [1.82, 2.24) is 0 Å². The fourth-order valence-electron chi connectivity index (χ4n) is 2.52. The second-order valence-electron chi connectivity index (χ2n) is 4.76. The molecular weight excluding hydrogens is 284 g/mol. The molecule has 1 aromatic carbocycles. The van der Waals surface area contributed by atoms with Crippen molar-refractivity contribution in [3.63, 3.8) is 0 Å². The summed E-state index contributed by atoms with van der Waals surface area (Å²) in [6.07, 6.45) is 8.10. The maximum Gasteiger partial charge on any atom is 0.0587 e. The zero-order valence-electron chi connectivity index (χ0n) is 9.46. The van der Waals surface area contributed by atoms with E-state index in [2.05, 4.69) is 40.2 Å². The molecule has 1 saturated carbocycles. The predicted octanol–water partition coefficient (Wildman–Crippen LogP) is 5.70. The Kier molecular flexibility index (Phi) is 4.72. The minimum atomic E-state index is 0.191. The van der Waals surface area contributed by atoms with E-state index in [9.17, 15) is 0 Å². The van der Waals surface area contributed by atoms with Crippen LogP contribution in [0.3, 0.4) is 0 Å². The van der Waals surface area contributed by atoms with Crippen LogP contribution in [0.2, 0.25) is 0 Å². The van der Waals surface area contributed by atoms with Crippen molar-refractivity contribution < 1.29 is 0 Å². The van der Waals surface area contributed by atoms with Crippen LogP contribution in [0.25, 0.3) is 0 Å². The first-order valence-electron chi connectivity index (χ1n) is 6.15. The summed E-state index contributed by atoms with van der Waals surface area (Å²) in [5.41, 5.74) is 1.26. The van der Waals surface area contributed by atoms with Gasteiger partial charge < -0.3 is 0 Å².